The molecule has 1 heterocycles. The van der Waals surface area contributed by atoms with E-state index in [0.717, 1.165) is 29.5 Å². The van der Waals surface area contributed by atoms with Gasteiger partial charge in [-0.1, -0.05) is 42.5 Å². The zero-order chi connectivity index (χ0) is 29.2. The van der Waals surface area contributed by atoms with Gasteiger partial charge in [-0.2, -0.15) is 0 Å². The molecule has 1 fully saturated rings. The lowest BCUT2D eigenvalue weighted by atomic mass is 9.97. The third-order valence-electron chi connectivity index (χ3n) is 7.56. The molecule has 4 rings (SSSR count). The average molecular weight is 565 g/mol. The van der Waals surface area contributed by atoms with Gasteiger partial charge < -0.3 is 33.3 Å². The van der Waals surface area contributed by atoms with E-state index in [0.29, 0.717) is 49.2 Å². The predicted molar refractivity (Wildman–Crippen MR) is 156 cm³/mol. The smallest absolute Gasteiger partial charge is 0.410 e. The molecule has 1 atom stereocenters. The molecule has 1 aliphatic rings. The standard InChI is InChI=1S/C32H40N2O7/c1-36-27-14-12-25(29(18-27)38-3)20-34(21-26-13-15-28(37-2)19-30(26)39-4)32(40-5)16-9-17-33(23-32)31(35)41-22-24-10-7-6-8-11-24/h6-8,10-15,18-19H,9,16-17,20-23H2,1-5H3. The fourth-order valence-electron chi connectivity index (χ4n) is 5.24. The fourth-order valence-corrected chi connectivity index (χ4v) is 5.24. The summed E-state index contributed by atoms with van der Waals surface area (Å²) in [7, 11) is 8.25. The summed E-state index contributed by atoms with van der Waals surface area (Å²) in [4.78, 5) is 17.2. The largest absolute Gasteiger partial charge is 0.497 e. The maximum absolute atomic E-state index is 13.2. The maximum atomic E-state index is 13.2. The second kappa shape index (κ2) is 14.1. The SMILES string of the molecule is COc1ccc(CN(Cc2ccc(OC)cc2OC)C2(OC)CCCN(C(=O)OCc3ccccc3)C2)c(OC)c1. The van der Waals surface area contributed by atoms with Gasteiger partial charge in [0.05, 0.1) is 35.0 Å². The zero-order valence-electron chi connectivity index (χ0n) is 24.6. The van der Waals surface area contributed by atoms with Crippen LogP contribution in [-0.4, -0.2) is 70.3 Å². The number of piperidine rings is 1. The molecule has 1 saturated heterocycles. The summed E-state index contributed by atoms with van der Waals surface area (Å²) >= 11 is 0. The topological polar surface area (TPSA) is 78.9 Å². The number of nitrogens with zero attached hydrogens (tertiary/aromatic N) is 2. The Morgan fingerprint density at radius 3 is 1.90 bits per heavy atom. The molecule has 3 aromatic carbocycles. The molecule has 3 aromatic rings. The molecule has 0 saturated carbocycles. The van der Waals surface area contributed by atoms with Crippen LogP contribution in [-0.2, 0) is 29.2 Å². The summed E-state index contributed by atoms with van der Waals surface area (Å²) in [5, 5.41) is 0. The fraction of sp³-hybridized carbons (Fsp3) is 0.406. The Balaban J connectivity index is 1.65. The van der Waals surface area contributed by atoms with E-state index in [9.17, 15) is 4.79 Å². The highest BCUT2D eigenvalue weighted by molar-refractivity contribution is 5.68. The van der Waals surface area contributed by atoms with Gasteiger partial charge >= 0.3 is 6.09 Å². The highest BCUT2D eigenvalue weighted by Crippen LogP contribution is 2.36. The normalized spacial score (nSPS) is 16.8. The van der Waals surface area contributed by atoms with E-state index in [2.05, 4.69) is 4.90 Å². The van der Waals surface area contributed by atoms with Crippen molar-refractivity contribution in [2.45, 2.75) is 38.3 Å². The van der Waals surface area contributed by atoms with E-state index in [-0.39, 0.29) is 12.7 Å². The Morgan fingerprint density at radius 1 is 0.805 bits per heavy atom. The molecule has 0 spiro atoms. The molecule has 1 amide bonds. The minimum atomic E-state index is -0.792. The number of hydrogen-bond acceptors (Lipinski definition) is 8. The quantitative estimate of drug-likeness (QED) is 0.267. The predicted octanol–water partition coefficient (Wildman–Crippen LogP) is 5.50. The van der Waals surface area contributed by atoms with Crippen LogP contribution in [0.25, 0.3) is 0 Å². The number of ether oxygens (including phenoxy) is 6. The van der Waals surface area contributed by atoms with E-state index in [1.54, 1.807) is 40.4 Å². The van der Waals surface area contributed by atoms with Crippen LogP contribution in [0.3, 0.4) is 0 Å². The van der Waals surface area contributed by atoms with Crippen molar-refractivity contribution in [3.05, 3.63) is 83.4 Å². The minimum absolute atomic E-state index is 0.214. The van der Waals surface area contributed by atoms with Gasteiger partial charge in [0.2, 0.25) is 0 Å². The Hall–Kier alpha value is -3.95. The number of hydrogen-bond donors (Lipinski definition) is 0. The number of amides is 1. The summed E-state index contributed by atoms with van der Waals surface area (Å²) < 4.78 is 34.3. The maximum Gasteiger partial charge on any atom is 0.410 e. The van der Waals surface area contributed by atoms with Crippen LogP contribution in [0.5, 0.6) is 23.0 Å². The molecule has 0 N–H and O–H groups in total. The lowest BCUT2D eigenvalue weighted by Gasteiger charge is -2.48. The molecule has 0 aliphatic carbocycles. The number of carbonyl (C=O) groups excluding carboxylic acids is 1. The number of likely N-dealkylation sites (tertiary alicyclic amines) is 1. The molecule has 9 nitrogen and oxygen atoms in total. The van der Waals surface area contributed by atoms with E-state index >= 15 is 0 Å². The number of benzene rings is 3. The minimum Gasteiger partial charge on any atom is -0.497 e. The van der Waals surface area contributed by atoms with Gasteiger partial charge in [-0.25, -0.2) is 4.79 Å². The molecule has 9 heteroatoms. The Morgan fingerprint density at radius 2 is 1.39 bits per heavy atom. The second-order valence-corrected chi connectivity index (χ2v) is 9.93. The summed E-state index contributed by atoms with van der Waals surface area (Å²) in [5.74, 6) is 2.83. The Bertz CT molecular complexity index is 1230. The van der Waals surface area contributed by atoms with E-state index in [4.69, 9.17) is 28.4 Å². The van der Waals surface area contributed by atoms with E-state index in [1.165, 1.54) is 0 Å². The molecule has 220 valence electrons. The first-order valence-electron chi connectivity index (χ1n) is 13.6. The van der Waals surface area contributed by atoms with Gasteiger partial charge in [0, 0.05) is 50.0 Å². The Kier molecular flexibility index (Phi) is 10.3. The third-order valence-corrected chi connectivity index (χ3v) is 7.56. The van der Waals surface area contributed by atoms with Gasteiger partial charge in [0.15, 0.2) is 0 Å². The van der Waals surface area contributed by atoms with Crippen molar-refractivity contribution in [3.8, 4) is 23.0 Å². The number of methoxy groups -OCH3 is 5. The van der Waals surface area contributed by atoms with Gasteiger partial charge in [-0.3, -0.25) is 4.90 Å². The molecule has 0 aromatic heterocycles. The van der Waals surface area contributed by atoms with Crippen molar-refractivity contribution in [1.82, 2.24) is 9.80 Å². The van der Waals surface area contributed by atoms with Gasteiger partial charge in [-0.15, -0.1) is 0 Å². The van der Waals surface area contributed by atoms with Crippen molar-refractivity contribution in [2.24, 2.45) is 0 Å². The molecule has 1 unspecified atom stereocenters. The first kappa shape index (κ1) is 30.0. The summed E-state index contributed by atoms with van der Waals surface area (Å²) in [6.07, 6.45) is 1.12. The van der Waals surface area contributed by atoms with Crippen molar-refractivity contribution in [3.63, 3.8) is 0 Å². The second-order valence-electron chi connectivity index (χ2n) is 9.93. The first-order valence-corrected chi connectivity index (χ1v) is 13.6. The van der Waals surface area contributed by atoms with Crippen molar-refractivity contribution < 1.29 is 33.2 Å². The number of carbonyl (C=O) groups is 1. The van der Waals surface area contributed by atoms with Crippen LogP contribution in [0.1, 0.15) is 29.5 Å². The van der Waals surface area contributed by atoms with Crippen molar-refractivity contribution in [2.75, 3.05) is 48.6 Å². The van der Waals surface area contributed by atoms with Crippen molar-refractivity contribution in [1.29, 1.82) is 0 Å². The average Bonchev–Trinajstić information content (AvgIpc) is 3.03. The highest BCUT2D eigenvalue weighted by Gasteiger charge is 2.43. The van der Waals surface area contributed by atoms with Gasteiger partial charge in [-0.05, 0) is 30.5 Å². The highest BCUT2D eigenvalue weighted by atomic mass is 16.6. The van der Waals surface area contributed by atoms with Gasteiger partial charge in [0.1, 0.15) is 35.3 Å². The van der Waals surface area contributed by atoms with Gasteiger partial charge in [0.25, 0.3) is 0 Å². The van der Waals surface area contributed by atoms with Crippen LogP contribution in [0, 0.1) is 0 Å². The lowest BCUT2D eigenvalue weighted by molar-refractivity contribution is -0.174. The van der Waals surface area contributed by atoms with Crippen LogP contribution in [0.4, 0.5) is 4.79 Å². The number of rotatable bonds is 12. The zero-order valence-corrected chi connectivity index (χ0v) is 24.6. The first-order chi connectivity index (χ1) is 19.9. The third kappa shape index (κ3) is 7.23. The molecular weight excluding hydrogens is 524 g/mol. The molecule has 0 bridgehead atoms. The summed E-state index contributed by atoms with van der Waals surface area (Å²) in [6.45, 7) is 2.12. The van der Waals surface area contributed by atoms with E-state index < -0.39 is 5.72 Å². The van der Waals surface area contributed by atoms with Crippen LogP contribution in [0.2, 0.25) is 0 Å². The summed E-state index contributed by atoms with van der Waals surface area (Å²) in [5.41, 5.74) is 2.07. The molecule has 41 heavy (non-hydrogen) atoms. The summed E-state index contributed by atoms with van der Waals surface area (Å²) in [6, 6.07) is 21.2. The van der Waals surface area contributed by atoms with Crippen LogP contribution in [0.15, 0.2) is 66.7 Å². The molecule has 1 aliphatic heterocycles. The van der Waals surface area contributed by atoms with E-state index in [1.807, 2.05) is 66.7 Å². The van der Waals surface area contributed by atoms with Crippen LogP contribution >= 0.6 is 0 Å². The van der Waals surface area contributed by atoms with Crippen LogP contribution < -0.4 is 18.9 Å². The molecular formula is C32H40N2O7. The van der Waals surface area contributed by atoms with Crippen molar-refractivity contribution >= 4 is 6.09 Å². The Labute approximate surface area is 242 Å². The molecule has 0 radical (unpaired) electrons. The monoisotopic (exact) mass is 564 g/mol. The lowest BCUT2D eigenvalue weighted by Crippen LogP contribution is -2.60.